The van der Waals surface area contributed by atoms with Crippen molar-refractivity contribution in [3.8, 4) is 5.75 Å². The number of esters is 1. The Hall–Kier alpha value is -2.58. The van der Waals surface area contributed by atoms with Gasteiger partial charge in [-0.15, -0.1) is 0 Å². The van der Waals surface area contributed by atoms with E-state index < -0.39 is 17.0 Å². The maximum atomic E-state index is 12.1. The zero-order valence-corrected chi connectivity index (χ0v) is 28.5. The summed E-state index contributed by atoms with van der Waals surface area (Å²) in [7, 11) is 0. The van der Waals surface area contributed by atoms with E-state index in [2.05, 4.69) is 39.2 Å². The number of carboxylic acid groups (broad SMARTS) is 1. The van der Waals surface area contributed by atoms with Gasteiger partial charge < -0.3 is 30.3 Å². The lowest BCUT2D eigenvalue weighted by Crippen LogP contribution is -2.59. The number of likely N-dealkylation sites (N-methyl/N-ethyl adjacent to an activating group) is 1. The molecule has 4 N–H and O–H groups in total. The molecule has 0 amide bonds. The van der Waals surface area contributed by atoms with Crippen LogP contribution in [0.3, 0.4) is 0 Å². The summed E-state index contributed by atoms with van der Waals surface area (Å²) in [5.74, 6) is 0.427. The Balaban J connectivity index is 0.000000205. The first-order valence-electron chi connectivity index (χ1n) is 17.3. The van der Waals surface area contributed by atoms with Gasteiger partial charge in [-0.1, -0.05) is 47.1 Å². The number of benzene rings is 1. The Morgan fingerprint density at radius 3 is 2.42 bits per heavy atom. The molecular formula is C37H58N2O6. The summed E-state index contributed by atoms with van der Waals surface area (Å²) in [4.78, 5) is 26.3. The van der Waals surface area contributed by atoms with E-state index >= 15 is 0 Å². The summed E-state index contributed by atoms with van der Waals surface area (Å²) in [6.45, 7) is 18.5. The fourth-order valence-corrected chi connectivity index (χ4v) is 9.61. The van der Waals surface area contributed by atoms with Gasteiger partial charge in [-0.25, -0.2) is 4.79 Å². The number of fused-ring (bicyclic) bond motifs is 3. The van der Waals surface area contributed by atoms with Crippen LogP contribution >= 0.6 is 0 Å². The van der Waals surface area contributed by atoms with Crippen molar-refractivity contribution in [2.24, 2.45) is 28.1 Å². The summed E-state index contributed by atoms with van der Waals surface area (Å²) < 4.78 is 10.9. The first-order chi connectivity index (χ1) is 21.3. The molecule has 4 fully saturated rings. The SMILES string of the molecule is C=C1C[C@@]23CC[C@H]4[C@@](C)(CCC[C@@]4(C)C(=O)O)[C@@H]2CC[C@]1(O)C3.CCCCOc1cc(C(=O)OCCN(CC)CC)ccc1N. The zero-order chi connectivity index (χ0) is 33.0. The standard InChI is InChI=1S/C20H30O3.C17H28N2O3/c1-13-11-19-9-5-14-17(2,7-4-8-18(14,3)16(21)22)15(19)6-10-20(13,23)12-19;1-4-7-11-21-16-13-14(8-9-15(16)18)17(20)22-12-10-19(5-2)6-3/h14-15,23H,1,4-12H2,2-3H3,(H,21,22);8-9,13H,4-7,10-12,18H2,1-3H3/t14-,15-,17+,18+,19+,20-;/m0./s1. The average molecular weight is 627 g/mol. The van der Waals surface area contributed by atoms with Gasteiger partial charge in [-0.3, -0.25) is 4.79 Å². The molecule has 2 bridgehead atoms. The molecule has 4 saturated carbocycles. The highest BCUT2D eigenvalue weighted by Gasteiger charge is 2.67. The van der Waals surface area contributed by atoms with E-state index in [1.165, 1.54) is 0 Å². The first-order valence-corrected chi connectivity index (χ1v) is 17.3. The molecule has 1 aromatic rings. The second kappa shape index (κ2) is 14.0. The van der Waals surface area contributed by atoms with Crippen LogP contribution in [0.2, 0.25) is 0 Å². The molecule has 0 aliphatic heterocycles. The number of nitrogen functional groups attached to an aromatic ring is 1. The van der Waals surface area contributed by atoms with E-state index in [1.807, 2.05) is 6.92 Å². The fourth-order valence-electron chi connectivity index (χ4n) is 9.61. The van der Waals surface area contributed by atoms with E-state index in [1.54, 1.807) is 18.2 Å². The number of aliphatic carboxylic acids is 1. The lowest BCUT2D eigenvalue weighted by Gasteiger charge is -2.63. The van der Waals surface area contributed by atoms with Gasteiger partial charge in [0, 0.05) is 6.54 Å². The van der Waals surface area contributed by atoms with Crippen molar-refractivity contribution in [1.82, 2.24) is 4.90 Å². The second-order valence-corrected chi connectivity index (χ2v) is 14.7. The summed E-state index contributed by atoms with van der Waals surface area (Å²) in [6, 6.07) is 5.01. The summed E-state index contributed by atoms with van der Waals surface area (Å²) in [5, 5.41) is 20.8. The smallest absolute Gasteiger partial charge is 0.338 e. The van der Waals surface area contributed by atoms with Gasteiger partial charge in [0.15, 0.2) is 0 Å². The summed E-state index contributed by atoms with van der Waals surface area (Å²) in [6.07, 6.45) is 10.8. The number of aliphatic hydroxyl groups is 1. The largest absolute Gasteiger partial charge is 0.491 e. The van der Waals surface area contributed by atoms with Crippen LogP contribution in [0.25, 0.3) is 0 Å². The maximum absolute atomic E-state index is 12.1. The first kappa shape index (κ1) is 35.3. The van der Waals surface area contributed by atoms with Gasteiger partial charge in [0.05, 0.1) is 28.9 Å². The van der Waals surface area contributed by atoms with Gasteiger partial charge in [-0.2, -0.15) is 0 Å². The number of carboxylic acids is 1. The molecule has 8 nitrogen and oxygen atoms in total. The average Bonchev–Trinajstić information content (AvgIpc) is 3.18. The highest BCUT2D eigenvalue weighted by atomic mass is 16.5. The van der Waals surface area contributed by atoms with Crippen LogP contribution in [-0.2, 0) is 9.53 Å². The minimum absolute atomic E-state index is 0.107. The Kier molecular flexibility index (Phi) is 11.0. The molecule has 0 saturated heterocycles. The number of hydrogen-bond acceptors (Lipinski definition) is 7. The molecule has 1 spiro atoms. The fraction of sp³-hybridized carbons (Fsp3) is 0.730. The number of hydrogen-bond donors (Lipinski definition) is 3. The number of ether oxygens (including phenoxy) is 2. The number of nitrogens with zero attached hydrogens (tertiary/aromatic N) is 1. The predicted molar refractivity (Wildman–Crippen MR) is 178 cm³/mol. The number of carbonyl (C=O) groups is 2. The van der Waals surface area contributed by atoms with E-state index in [4.69, 9.17) is 15.2 Å². The molecule has 45 heavy (non-hydrogen) atoms. The highest BCUT2D eigenvalue weighted by Crippen LogP contribution is 2.72. The van der Waals surface area contributed by atoms with Crippen LogP contribution in [0.5, 0.6) is 5.75 Å². The van der Waals surface area contributed by atoms with Gasteiger partial charge >= 0.3 is 11.9 Å². The highest BCUT2D eigenvalue weighted by molar-refractivity contribution is 5.90. The van der Waals surface area contributed by atoms with Crippen LogP contribution in [0.15, 0.2) is 30.4 Å². The topological polar surface area (TPSA) is 122 Å². The minimum atomic E-state index is -0.634. The van der Waals surface area contributed by atoms with Crippen molar-refractivity contribution >= 4 is 17.6 Å². The number of unbranched alkanes of at least 4 members (excludes halogenated alkanes) is 1. The number of nitrogens with two attached hydrogens (primary N) is 1. The lowest BCUT2D eigenvalue weighted by molar-refractivity contribution is -0.186. The molecule has 0 aromatic heterocycles. The van der Waals surface area contributed by atoms with Gasteiger partial charge in [0.1, 0.15) is 12.4 Å². The minimum Gasteiger partial charge on any atom is -0.491 e. The molecule has 4 aliphatic carbocycles. The van der Waals surface area contributed by atoms with Crippen LogP contribution in [0, 0.1) is 28.1 Å². The molecule has 6 atom stereocenters. The van der Waals surface area contributed by atoms with Crippen LogP contribution in [0.1, 0.15) is 116 Å². The Bertz CT molecular complexity index is 1230. The lowest BCUT2D eigenvalue weighted by atomic mass is 9.41. The molecule has 0 unspecified atom stereocenters. The van der Waals surface area contributed by atoms with Gasteiger partial charge in [0.25, 0.3) is 0 Å². The molecule has 5 rings (SSSR count). The van der Waals surface area contributed by atoms with Gasteiger partial charge in [-0.05, 0) is 124 Å². The predicted octanol–water partition coefficient (Wildman–Crippen LogP) is 7.10. The van der Waals surface area contributed by atoms with Crippen molar-refractivity contribution < 1.29 is 29.3 Å². The van der Waals surface area contributed by atoms with Crippen molar-refractivity contribution in [1.29, 1.82) is 0 Å². The van der Waals surface area contributed by atoms with Crippen LogP contribution in [-0.4, -0.2) is 65.5 Å². The Labute approximate surface area is 270 Å². The zero-order valence-electron chi connectivity index (χ0n) is 28.5. The summed E-state index contributed by atoms with van der Waals surface area (Å²) >= 11 is 0. The van der Waals surface area contributed by atoms with Crippen LogP contribution < -0.4 is 10.5 Å². The third-order valence-electron chi connectivity index (χ3n) is 12.2. The van der Waals surface area contributed by atoms with E-state index in [9.17, 15) is 19.8 Å². The third kappa shape index (κ3) is 6.92. The monoisotopic (exact) mass is 626 g/mol. The molecule has 0 radical (unpaired) electrons. The van der Waals surface area contributed by atoms with Crippen molar-refractivity contribution in [2.75, 3.05) is 38.6 Å². The van der Waals surface area contributed by atoms with Crippen LogP contribution in [0.4, 0.5) is 5.69 Å². The van der Waals surface area contributed by atoms with Crippen molar-refractivity contribution in [3.05, 3.63) is 35.9 Å². The second-order valence-electron chi connectivity index (χ2n) is 14.7. The number of anilines is 1. The van der Waals surface area contributed by atoms with E-state index in [0.717, 1.165) is 95.8 Å². The Morgan fingerprint density at radius 1 is 1.04 bits per heavy atom. The van der Waals surface area contributed by atoms with Crippen molar-refractivity contribution in [3.63, 3.8) is 0 Å². The quantitative estimate of drug-likeness (QED) is 0.103. The maximum Gasteiger partial charge on any atom is 0.338 e. The molecule has 4 aliphatic rings. The van der Waals surface area contributed by atoms with Gasteiger partial charge in [0.2, 0.25) is 0 Å². The molecule has 1 aromatic carbocycles. The molecule has 8 heteroatoms. The molecule has 0 heterocycles. The van der Waals surface area contributed by atoms with E-state index in [-0.39, 0.29) is 22.7 Å². The normalized spacial score (nSPS) is 33.4. The van der Waals surface area contributed by atoms with Crippen molar-refractivity contribution in [2.45, 2.75) is 111 Å². The Morgan fingerprint density at radius 2 is 1.76 bits per heavy atom. The van der Waals surface area contributed by atoms with E-state index in [0.29, 0.717) is 36.1 Å². The third-order valence-corrected chi connectivity index (χ3v) is 12.2. The number of carbonyl (C=O) groups excluding carboxylic acids is 1. The number of rotatable bonds is 11. The molecular weight excluding hydrogens is 568 g/mol. The summed E-state index contributed by atoms with van der Waals surface area (Å²) in [5.41, 5.74) is 7.00. The molecule has 252 valence electrons.